The monoisotopic (exact) mass is 493 g/mol. The summed E-state index contributed by atoms with van der Waals surface area (Å²) in [7, 11) is -8.65. The number of benzene rings is 4. The molecule has 0 saturated heterocycles. The maximum atomic E-state index is 13.2. The first-order chi connectivity index (χ1) is 15.1. The molecule has 0 bridgehead atoms. The van der Waals surface area contributed by atoms with Gasteiger partial charge in [-0.25, -0.2) is 8.42 Å². The topological polar surface area (TPSA) is 129 Å². The summed E-state index contributed by atoms with van der Waals surface area (Å²) >= 11 is 0. The Morgan fingerprint density at radius 1 is 0.636 bits per heavy atom. The Labute approximate surface area is 213 Å². The van der Waals surface area contributed by atoms with Crippen molar-refractivity contribution < 1.29 is 31.6 Å². The van der Waals surface area contributed by atoms with Gasteiger partial charge >= 0.3 is 0 Å². The largest absolute Gasteiger partial charge is 0.508 e. The summed E-state index contributed by atoms with van der Waals surface area (Å²) < 4.78 is 60.3. The van der Waals surface area contributed by atoms with Crippen LogP contribution in [-0.2, 0) is 26.4 Å². The molecule has 0 spiro atoms. The van der Waals surface area contributed by atoms with Crippen molar-refractivity contribution in [1.29, 1.82) is 0 Å². The Bertz CT molecular complexity index is 1550. The molecule has 4 aromatic carbocycles. The van der Waals surface area contributed by atoms with Gasteiger partial charge in [0, 0.05) is 36.0 Å². The van der Waals surface area contributed by atoms with Crippen LogP contribution >= 0.6 is 0 Å². The zero-order chi connectivity index (χ0) is 23.1. The Balaban J connectivity index is 0.00000306. The predicted octanol–water partition coefficient (Wildman–Crippen LogP) is 3.54. The first kappa shape index (κ1) is 25.2. The number of aromatic hydroxyl groups is 2. The van der Waals surface area contributed by atoms with Gasteiger partial charge in [-0.15, -0.1) is 0 Å². The van der Waals surface area contributed by atoms with Crippen LogP contribution < -0.4 is 0 Å². The minimum atomic E-state index is -4.60. The third-order valence-corrected chi connectivity index (χ3v) is 7.87. The summed E-state index contributed by atoms with van der Waals surface area (Å²) in [6.07, 6.45) is -0.180. The number of phenols is 2. The fourth-order valence-corrected chi connectivity index (χ4v) is 5.78. The van der Waals surface area contributed by atoms with Gasteiger partial charge in [0.05, 0.1) is 14.7 Å². The molecular weight excluding hydrogens is 475 g/mol. The van der Waals surface area contributed by atoms with Crippen molar-refractivity contribution in [3.05, 3.63) is 90.0 Å². The Kier molecular flexibility index (Phi) is 7.23. The second-order valence-electron chi connectivity index (χ2n) is 7.25. The SMILES string of the molecule is O=S(=O)(O)c1cc2ccccc2cc1Cc1cc(O)ccc1S(=O)(=O)c1ccc(O)cc1.[Na]. The molecule has 4 rings (SSSR count). The first-order valence-corrected chi connectivity index (χ1v) is 12.3. The van der Waals surface area contributed by atoms with E-state index in [-0.39, 0.29) is 73.3 Å². The molecule has 0 fully saturated rings. The van der Waals surface area contributed by atoms with E-state index in [0.717, 1.165) is 0 Å². The van der Waals surface area contributed by atoms with Crippen LogP contribution in [0, 0.1) is 0 Å². The van der Waals surface area contributed by atoms with Crippen molar-refractivity contribution in [2.75, 3.05) is 0 Å². The second kappa shape index (κ2) is 9.46. The van der Waals surface area contributed by atoms with Crippen molar-refractivity contribution in [2.24, 2.45) is 0 Å². The van der Waals surface area contributed by atoms with Gasteiger partial charge in [0.1, 0.15) is 11.5 Å². The first-order valence-electron chi connectivity index (χ1n) is 9.41. The molecule has 0 aliphatic heterocycles. The average molecular weight is 494 g/mol. The van der Waals surface area contributed by atoms with E-state index in [2.05, 4.69) is 0 Å². The van der Waals surface area contributed by atoms with Crippen molar-refractivity contribution in [3.8, 4) is 11.5 Å². The number of hydrogen-bond donors (Lipinski definition) is 3. The van der Waals surface area contributed by atoms with Crippen molar-refractivity contribution >= 4 is 60.3 Å². The Hall–Kier alpha value is -2.40. The van der Waals surface area contributed by atoms with Gasteiger partial charge in [-0.3, -0.25) is 4.55 Å². The molecule has 0 aliphatic rings. The predicted molar refractivity (Wildman–Crippen MR) is 124 cm³/mol. The van der Waals surface area contributed by atoms with Crippen LogP contribution in [0.2, 0.25) is 0 Å². The van der Waals surface area contributed by atoms with E-state index in [4.69, 9.17) is 0 Å². The molecule has 0 amide bonds. The van der Waals surface area contributed by atoms with E-state index < -0.39 is 20.0 Å². The summed E-state index contributed by atoms with van der Waals surface area (Å²) in [4.78, 5) is -0.543. The van der Waals surface area contributed by atoms with Crippen LogP contribution in [0.1, 0.15) is 11.1 Å². The van der Waals surface area contributed by atoms with Crippen molar-refractivity contribution in [2.45, 2.75) is 21.1 Å². The van der Waals surface area contributed by atoms with E-state index in [1.54, 1.807) is 30.3 Å². The summed E-state index contributed by atoms with van der Waals surface area (Å²) in [6.45, 7) is 0. The van der Waals surface area contributed by atoms with E-state index in [1.165, 1.54) is 48.5 Å². The normalized spacial score (nSPS) is 11.8. The van der Waals surface area contributed by atoms with E-state index in [0.29, 0.717) is 10.8 Å². The van der Waals surface area contributed by atoms with Gasteiger partial charge in [0.25, 0.3) is 10.1 Å². The molecule has 4 aromatic rings. The number of fused-ring (bicyclic) bond motifs is 1. The molecule has 0 aliphatic carbocycles. The third-order valence-electron chi connectivity index (χ3n) is 5.07. The van der Waals surface area contributed by atoms with Gasteiger partial charge in [-0.1, -0.05) is 24.3 Å². The number of rotatable bonds is 5. The van der Waals surface area contributed by atoms with Gasteiger partial charge < -0.3 is 10.2 Å². The maximum Gasteiger partial charge on any atom is 0.294 e. The van der Waals surface area contributed by atoms with Gasteiger partial charge in [-0.2, -0.15) is 8.42 Å². The van der Waals surface area contributed by atoms with E-state index in [9.17, 15) is 31.6 Å². The van der Waals surface area contributed by atoms with Crippen LogP contribution in [0.4, 0.5) is 0 Å². The molecule has 7 nitrogen and oxygen atoms in total. The maximum absolute atomic E-state index is 13.2. The molecule has 0 unspecified atom stereocenters. The molecular formula is C23H18NaO7S2. The quantitative estimate of drug-likeness (QED) is 0.286. The molecule has 33 heavy (non-hydrogen) atoms. The summed E-state index contributed by atoms with van der Waals surface area (Å²) in [5, 5.41) is 20.8. The average Bonchev–Trinajstić information content (AvgIpc) is 2.73. The van der Waals surface area contributed by atoms with E-state index >= 15 is 0 Å². The molecule has 0 heterocycles. The zero-order valence-electron chi connectivity index (χ0n) is 17.5. The smallest absolute Gasteiger partial charge is 0.294 e. The molecule has 0 atom stereocenters. The van der Waals surface area contributed by atoms with Gasteiger partial charge in [0.15, 0.2) is 0 Å². The molecule has 0 saturated carbocycles. The summed E-state index contributed by atoms with van der Waals surface area (Å²) in [5.74, 6) is -0.289. The fraction of sp³-hybridized carbons (Fsp3) is 0.0435. The van der Waals surface area contributed by atoms with Crippen molar-refractivity contribution in [3.63, 3.8) is 0 Å². The summed E-state index contributed by atoms with van der Waals surface area (Å²) in [5.41, 5.74) is 0.331. The molecule has 0 aromatic heterocycles. The van der Waals surface area contributed by atoms with Crippen molar-refractivity contribution in [1.82, 2.24) is 0 Å². The second-order valence-corrected chi connectivity index (χ2v) is 10.6. The summed E-state index contributed by atoms with van der Waals surface area (Å²) in [6, 6.07) is 18.6. The number of phenolic OH excluding ortho intramolecular Hbond substituents is 2. The van der Waals surface area contributed by atoms with Crippen LogP contribution in [0.15, 0.2) is 93.5 Å². The van der Waals surface area contributed by atoms with Crippen LogP contribution in [-0.4, -0.2) is 61.2 Å². The molecule has 10 heteroatoms. The van der Waals surface area contributed by atoms with Crippen LogP contribution in [0.5, 0.6) is 11.5 Å². The van der Waals surface area contributed by atoms with Crippen LogP contribution in [0.3, 0.4) is 0 Å². The standard InChI is InChI=1S/C23H18O7S2.Na/c24-19-5-8-21(9-6-19)31(26,27)22-10-7-20(25)13-18(22)12-17-11-15-3-1-2-4-16(15)14-23(17)32(28,29)30;/h1-11,13-14,24-25H,12H2,(H,28,29,30);. The minimum absolute atomic E-state index is 0. The fourth-order valence-electron chi connectivity index (χ4n) is 3.57. The van der Waals surface area contributed by atoms with E-state index in [1.807, 2.05) is 0 Å². The molecule has 3 N–H and O–H groups in total. The zero-order valence-corrected chi connectivity index (χ0v) is 21.1. The Morgan fingerprint density at radius 3 is 1.79 bits per heavy atom. The molecule has 1 radical (unpaired) electrons. The minimum Gasteiger partial charge on any atom is -0.508 e. The molecule has 165 valence electrons. The number of hydrogen-bond acceptors (Lipinski definition) is 6. The third kappa shape index (κ3) is 5.24. The Morgan fingerprint density at radius 2 is 1.18 bits per heavy atom. The number of sulfone groups is 1. The van der Waals surface area contributed by atoms with Crippen LogP contribution in [0.25, 0.3) is 10.8 Å². The van der Waals surface area contributed by atoms with Gasteiger partial charge in [-0.05, 0) is 76.5 Å². The van der Waals surface area contributed by atoms with Gasteiger partial charge in [0.2, 0.25) is 9.84 Å².